The summed E-state index contributed by atoms with van der Waals surface area (Å²) in [6.45, 7) is 2.47. The van der Waals surface area contributed by atoms with E-state index >= 15 is 0 Å². The average Bonchev–Trinajstić information content (AvgIpc) is 3.06. The van der Waals surface area contributed by atoms with Crippen molar-refractivity contribution in [2.75, 3.05) is 24.5 Å². The zero-order valence-electron chi connectivity index (χ0n) is 16.2. The Morgan fingerprint density at radius 1 is 1.00 bits per heavy atom. The van der Waals surface area contributed by atoms with Gasteiger partial charge in [0.05, 0.1) is 12.1 Å². The molecule has 2 aromatic rings. The van der Waals surface area contributed by atoms with E-state index in [4.69, 9.17) is 0 Å². The summed E-state index contributed by atoms with van der Waals surface area (Å²) in [5, 5.41) is 0. The van der Waals surface area contributed by atoms with Crippen molar-refractivity contribution in [3.63, 3.8) is 0 Å². The highest BCUT2D eigenvalue weighted by Crippen LogP contribution is 2.38. The Hall–Kier alpha value is -2.62. The summed E-state index contributed by atoms with van der Waals surface area (Å²) < 4.78 is 0. The van der Waals surface area contributed by atoms with Gasteiger partial charge in [-0.2, -0.15) is 0 Å². The number of carbonyl (C=O) groups is 2. The van der Waals surface area contributed by atoms with Gasteiger partial charge in [0, 0.05) is 25.2 Å². The number of rotatable bonds is 3. The number of benzene rings is 2. The van der Waals surface area contributed by atoms with Gasteiger partial charge >= 0.3 is 0 Å². The number of amides is 2. The van der Waals surface area contributed by atoms with Gasteiger partial charge in [-0.1, -0.05) is 30.3 Å². The summed E-state index contributed by atoms with van der Waals surface area (Å²) >= 11 is 0. The molecule has 5 rings (SSSR count). The van der Waals surface area contributed by atoms with Crippen LogP contribution in [0.5, 0.6) is 0 Å². The Labute approximate surface area is 166 Å². The van der Waals surface area contributed by atoms with Crippen molar-refractivity contribution in [1.29, 1.82) is 0 Å². The normalized spacial score (nSPS) is 19.1. The summed E-state index contributed by atoms with van der Waals surface area (Å²) in [5.74, 6) is 0.967. The summed E-state index contributed by atoms with van der Waals surface area (Å²) in [6.07, 6.45) is 5.62. The highest BCUT2D eigenvalue weighted by molar-refractivity contribution is 6.04. The molecule has 1 saturated heterocycles. The van der Waals surface area contributed by atoms with Gasteiger partial charge in [-0.05, 0) is 66.8 Å². The number of hydrogen-bond acceptors (Lipinski definition) is 2. The van der Waals surface area contributed by atoms with Crippen LogP contribution in [0.2, 0.25) is 0 Å². The van der Waals surface area contributed by atoms with Crippen LogP contribution in [-0.4, -0.2) is 36.3 Å². The highest BCUT2D eigenvalue weighted by atomic mass is 16.2. The van der Waals surface area contributed by atoms with E-state index in [0.29, 0.717) is 12.3 Å². The van der Waals surface area contributed by atoms with Crippen LogP contribution in [0.4, 0.5) is 5.69 Å². The first-order valence-electron chi connectivity index (χ1n) is 10.5. The second-order valence-electron chi connectivity index (χ2n) is 8.39. The van der Waals surface area contributed by atoms with E-state index in [1.807, 2.05) is 21.9 Å². The van der Waals surface area contributed by atoms with E-state index in [0.717, 1.165) is 68.6 Å². The molecule has 3 aliphatic rings. The smallest absolute Gasteiger partial charge is 0.253 e. The van der Waals surface area contributed by atoms with Crippen molar-refractivity contribution in [1.82, 2.24) is 4.90 Å². The molecule has 1 fully saturated rings. The minimum atomic E-state index is 0.133. The van der Waals surface area contributed by atoms with Gasteiger partial charge in [-0.15, -0.1) is 0 Å². The van der Waals surface area contributed by atoms with Crippen LogP contribution in [0.25, 0.3) is 0 Å². The molecule has 4 nitrogen and oxygen atoms in total. The van der Waals surface area contributed by atoms with Crippen molar-refractivity contribution < 1.29 is 9.59 Å². The summed E-state index contributed by atoms with van der Waals surface area (Å²) in [7, 11) is 0. The molecule has 0 aliphatic carbocycles. The van der Waals surface area contributed by atoms with Crippen molar-refractivity contribution in [2.24, 2.45) is 5.92 Å². The fourth-order valence-corrected chi connectivity index (χ4v) is 5.07. The largest absolute Gasteiger partial charge is 0.339 e. The maximum Gasteiger partial charge on any atom is 0.253 e. The third-order valence-electron chi connectivity index (χ3n) is 6.52. The van der Waals surface area contributed by atoms with Crippen LogP contribution in [0.3, 0.4) is 0 Å². The Morgan fingerprint density at radius 2 is 1.75 bits per heavy atom. The number of hydrogen-bond donors (Lipinski definition) is 0. The standard InChI is InChI=1S/C24H26N2O2/c27-22-16-20-15-21(14-19-7-4-10-26(22)23(19)20)24(28)25-11-8-18(9-12-25)13-17-5-2-1-3-6-17/h1-3,5-6,14-15,18H,4,7-13,16H2. The number of aryl methyl sites for hydroxylation is 1. The Kier molecular flexibility index (Phi) is 4.42. The molecule has 3 heterocycles. The van der Waals surface area contributed by atoms with Crippen molar-refractivity contribution in [2.45, 2.75) is 38.5 Å². The third-order valence-corrected chi connectivity index (χ3v) is 6.52. The highest BCUT2D eigenvalue weighted by Gasteiger charge is 2.33. The van der Waals surface area contributed by atoms with Gasteiger partial charge in [-0.3, -0.25) is 9.59 Å². The third kappa shape index (κ3) is 3.11. The summed E-state index contributed by atoms with van der Waals surface area (Å²) in [5.41, 5.74) is 5.47. The predicted octanol–water partition coefficient (Wildman–Crippen LogP) is 3.62. The molecule has 0 aromatic heterocycles. The van der Waals surface area contributed by atoms with Crippen LogP contribution in [-0.2, 0) is 24.1 Å². The van der Waals surface area contributed by atoms with Gasteiger partial charge in [-0.25, -0.2) is 0 Å². The molecule has 0 spiro atoms. The van der Waals surface area contributed by atoms with Crippen LogP contribution >= 0.6 is 0 Å². The molecule has 0 bridgehead atoms. The fourth-order valence-electron chi connectivity index (χ4n) is 5.07. The molecule has 2 aromatic carbocycles. The summed E-state index contributed by atoms with van der Waals surface area (Å²) in [4.78, 5) is 29.3. The zero-order valence-corrected chi connectivity index (χ0v) is 16.2. The summed E-state index contributed by atoms with van der Waals surface area (Å²) in [6, 6.07) is 14.7. The molecule has 28 heavy (non-hydrogen) atoms. The lowest BCUT2D eigenvalue weighted by Crippen LogP contribution is -2.39. The molecular weight excluding hydrogens is 348 g/mol. The van der Waals surface area contributed by atoms with E-state index in [2.05, 4.69) is 30.3 Å². The molecule has 0 saturated carbocycles. The topological polar surface area (TPSA) is 40.6 Å². The molecule has 2 amide bonds. The molecular formula is C24H26N2O2. The number of likely N-dealkylation sites (tertiary alicyclic amines) is 1. The van der Waals surface area contributed by atoms with Gasteiger partial charge in [0.2, 0.25) is 5.91 Å². The fraction of sp³-hybridized carbons (Fsp3) is 0.417. The van der Waals surface area contributed by atoms with Crippen molar-refractivity contribution in [3.05, 3.63) is 64.7 Å². The first-order chi connectivity index (χ1) is 13.7. The monoisotopic (exact) mass is 374 g/mol. The van der Waals surface area contributed by atoms with E-state index in [-0.39, 0.29) is 11.8 Å². The van der Waals surface area contributed by atoms with Gasteiger partial charge < -0.3 is 9.80 Å². The minimum Gasteiger partial charge on any atom is -0.339 e. The van der Waals surface area contributed by atoms with Crippen LogP contribution in [0.15, 0.2) is 42.5 Å². The first kappa shape index (κ1) is 17.5. The van der Waals surface area contributed by atoms with E-state index in [9.17, 15) is 9.59 Å². The quantitative estimate of drug-likeness (QED) is 0.823. The SMILES string of the molecule is O=C(c1cc2c3c(c1)CC(=O)N3CCC2)N1CCC(Cc2ccccc2)CC1. The number of nitrogens with zero attached hydrogens (tertiary/aromatic N) is 2. The molecule has 144 valence electrons. The molecule has 0 N–H and O–H groups in total. The minimum absolute atomic E-state index is 0.133. The van der Waals surface area contributed by atoms with Crippen LogP contribution in [0.1, 0.15) is 46.3 Å². The Morgan fingerprint density at radius 3 is 2.54 bits per heavy atom. The molecule has 3 aliphatic heterocycles. The lowest BCUT2D eigenvalue weighted by atomic mass is 9.89. The second-order valence-corrected chi connectivity index (χ2v) is 8.39. The van der Waals surface area contributed by atoms with Gasteiger partial charge in [0.15, 0.2) is 0 Å². The van der Waals surface area contributed by atoms with E-state index < -0.39 is 0 Å². The first-order valence-corrected chi connectivity index (χ1v) is 10.5. The van der Waals surface area contributed by atoms with Gasteiger partial charge in [0.1, 0.15) is 0 Å². The predicted molar refractivity (Wildman–Crippen MR) is 110 cm³/mol. The lowest BCUT2D eigenvalue weighted by molar-refractivity contribution is -0.117. The van der Waals surface area contributed by atoms with Crippen molar-refractivity contribution >= 4 is 17.5 Å². The van der Waals surface area contributed by atoms with Gasteiger partial charge in [0.25, 0.3) is 5.91 Å². The van der Waals surface area contributed by atoms with Crippen molar-refractivity contribution in [3.8, 4) is 0 Å². The number of piperidine rings is 1. The van der Waals surface area contributed by atoms with E-state index in [1.165, 1.54) is 11.1 Å². The Balaban J connectivity index is 1.28. The Bertz CT molecular complexity index is 914. The second kappa shape index (κ2) is 7.08. The average molecular weight is 374 g/mol. The molecule has 0 radical (unpaired) electrons. The van der Waals surface area contributed by atoms with Crippen LogP contribution < -0.4 is 4.90 Å². The van der Waals surface area contributed by atoms with E-state index in [1.54, 1.807) is 0 Å². The maximum absolute atomic E-state index is 13.1. The number of anilines is 1. The molecule has 0 atom stereocenters. The maximum atomic E-state index is 13.1. The zero-order chi connectivity index (χ0) is 19.1. The van der Waals surface area contributed by atoms with Crippen LogP contribution in [0, 0.1) is 5.92 Å². The lowest BCUT2D eigenvalue weighted by Gasteiger charge is -2.32. The number of carbonyl (C=O) groups excluding carboxylic acids is 2. The molecule has 4 heteroatoms. The molecule has 0 unspecified atom stereocenters.